The second-order valence-corrected chi connectivity index (χ2v) is 46.5. The van der Waals surface area contributed by atoms with Gasteiger partial charge in [0, 0.05) is 132 Å². The molecule has 0 saturated carbocycles. The molecular formula is C138H130O2. The number of ether oxygens (including phenoxy) is 2. The lowest BCUT2D eigenvalue weighted by molar-refractivity contribution is 0.312. The maximum atomic E-state index is 8.10. The van der Waals surface area contributed by atoms with Gasteiger partial charge in [-0.15, -0.1) is 0 Å². The average molecular weight is 1820 g/mol. The largest absolute Gasteiger partial charge is 0.492 e. The van der Waals surface area contributed by atoms with Crippen LogP contribution >= 0.6 is 0 Å². The highest BCUT2D eigenvalue weighted by atomic mass is 16.5. The molecule has 694 valence electrons. The third-order valence-corrected chi connectivity index (χ3v) is 27.4. The topological polar surface area (TPSA) is 18.5 Å². The number of rotatable bonds is 8. The van der Waals surface area contributed by atoms with Gasteiger partial charge in [0.25, 0.3) is 0 Å². The van der Waals surface area contributed by atoms with E-state index in [1.54, 1.807) is 0 Å². The van der Waals surface area contributed by atoms with Gasteiger partial charge in [0.05, 0.1) is 13.2 Å². The van der Waals surface area contributed by atoms with Crippen molar-refractivity contribution < 1.29 is 9.47 Å². The zero-order chi connectivity index (χ0) is 99.5. The van der Waals surface area contributed by atoms with E-state index in [0.29, 0.717) is 13.2 Å². The first-order chi connectivity index (χ1) is 66.3. The molecule has 0 saturated heterocycles. The summed E-state index contributed by atoms with van der Waals surface area (Å²) in [5.41, 5.74) is 23.1. The highest BCUT2D eigenvalue weighted by Crippen LogP contribution is 2.60. The summed E-state index contributed by atoms with van der Waals surface area (Å²) in [7, 11) is 0. The van der Waals surface area contributed by atoms with E-state index >= 15 is 0 Å². The number of hydrogen-bond acceptors (Lipinski definition) is 2. The predicted octanol–water partition coefficient (Wildman–Crippen LogP) is 33.7. The maximum absolute atomic E-state index is 8.10. The standard InChI is InChI=1S/C138H130O2/c1-27-29-79-139-129-125-121-113-81-97(55-31-89-39-63-105(64-40-89)131(3,4)5)101(59-35-93-47-71-109(72-48-93)135(15,16)17)85-117(113)123(118-86-102(60-36-94-49-73-110(74-50-94)136(18,19)20)98(82-114(118)121)56-32-90-41-65-106(66-42-90)132(6,7)8)127(125)130(140-80-30-28-2)128-124-119-87-103(61-37-95-51-75-111(76-52-95)137(21,22)23)99(57-33-91-43-67-107(68-44-91)133(9,10)11)83-115(119)122(126(128)129)116-84-100(58-34-92-45-69-108(70-46-92)134(12,13)14)104(88-120(116)124)62-38-96-53-77-112(78-54-96)138(24,25)26/h39-54,63-78,81-88H,27-30,79-80H2,1-26H3. The minimum Gasteiger partial charge on any atom is -0.492 e. The number of hydrogen-bond donors (Lipinski definition) is 0. The van der Waals surface area contributed by atoms with Crippen molar-refractivity contribution >= 4 is 86.2 Å². The minimum absolute atomic E-state index is 0.0525. The van der Waals surface area contributed by atoms with Crippen molar-refractivity contribution in [3.05, 3.63) is 376 Å². The molecule has 0 radical (unpaired) electrons. The normalized spacial score (nSPS) is 12.1. The van der Waals surface area contributed by atoms with Crippen LogP contribution in [0.5, 0.6) is 11.5 Å². The van der Waals surface area contributed by atoms with Crippen LogP contribution in [-0.2, 0) is 43.3 Å². The predicted molar refractivity (Wildman–Crippen MR) is 599 cm³/mol. The Balaban J connectivity index is 1.10. The molecule has 0 N–H and O–H groups in total. The van der Waals surface area contributed by atoms with Crippen LogP contribution < -0.4 is 9.47 Å². The Labute approximate surface area is 834 Å². The van der Waals surface area contributed by atoms with E-state index in [1.807, 2.05) is 0 Å². The van der Waals surface area contributed by atoms with E-state index in [1.165, 1.54) is 44.5 Å². The SMILES string of the molecule is CCCCOc1c2c(c(OCCCC)c3c1c1c4cc(C#Cc5ccc(C(C)(C)C)cc5)c(C#Cc5ccc(C(C)(C)C)cc5)cc4c3c3cc(C#Cc4ccc(C(C)(C)C)cc4)c(C#Cc4ccc(C(C)(C)C)cc4)cc31)c1c3cc(C#Cc4ccc(C(C)(C)C)cc4)c(C#Cc4ccc(C(C)(C)C)cc4)cc3c2c2cc(C#Cc3ccc(C(C)(C)C)cc3)c(C#Cc3ccc(C(C)(C)C)cc3)cc21. The van der Waals surface area contributed by atoms with Gasteiger partial charge < -0.3 is 9.47 Å². The summed E-state index contributed by atoms with van der Waals surface area (Å²) in [5, 5.41) is 15.6. The molecule has 19 aromatic rings. The van der Waals surface area contributed by atoms with Gasteiger partial charge in [-0.2, -0.15) is 0 Å². The smallest absolute Gasteiger partial charge is 0.136 e. The van der Waals surface area contributed by atoms with E-state index in [9.17, 15) is 0 Å². The fraction of sp³-hybridized carbons (Fsp3) is 0.290. The maximum Gasteiger partial charge on any atom is 0.136 e. The van der Waals surface area contributed by atoms with Crippen LogP contribution in [-0.4, -0.2) is 13.2 Å². The lowest BCUT2D eigenvalue weighted by Crippen LogP contribution is -2.10. The molecule has 0 aliphatic carbocycles. The van der Waals surface area contributed by atoms with Gasteiger partial charge in [0.2, 0.25) is 0 Å². The molecule has 0 unspecified atom stereocenters. The van der Waals surface area contributed by atoms with Gasteiger partial charge in [-0.25, -0.2) is 0 Å². The van der Waals surface area contributed by atoms with Crippen LogP contribution in [0.15, 0.2) is 243 Å². The van der Waals surface area contributed by atoms with Gasteiger partial charge in [-0.1, -0.05) is 385 Å². The van der Waals surface area contributed by atoms with Gasteiger partial charge >= 0.3 is 0 Å². The van der Waals surface area contributed by atoms with Crippen LogP contribution in [0.3, 0.4) is 0 Å². The molecular weight excluding hydrogens is 1690 g/mol. The fourth-order valence-electron chi connectivity index (χ4n) is 18.7. The second-order valence-electron chi connectivity index (χ2n) is 46.5. The Morgan fingerprint density at radius 1 is 0.164 bits per heavy atom. The number of benzene rings is 19. The third-order valence-electron chi connectivity index (χ3n) is 27.4. The van der Waals surface area contributed by atoms with Crippen LogP contribution in [0.25, 0.3) is 86.2 Å². The zero-order valence-corrected chi connectivity index (χ0v) is 87.2. The monoisotopic (exact) mass is 1820 g/mol. The summed E-state index contributed by atoms with van der Waals surface area (Å²) in [6.07, 6.45) is 3.33. The van der Waals surface area contributed by atoms with Crippen molar-refractivity contribution in [2.24, 2.45) is 0 Å². The molecule has 140 heavy (non-hydrogen) atoms. The van der Waals surface area contributed by atoms with E-state index < -0.39 is 0 Å². The zero-order valence-electron chi connectivity index (χ0n) is 87.2. The molecule has 2 heteroatoms. The minimum atomic E-state index is -0.0525. The van der Waals surface area contributed by atoms with E-state index in [2.05, 4.69) is 517 Å². The molecule has 2 nitrogen and oxygen atoms in total. The molecule has 0 amide bonds. The molecule has 0 fully saturated rings. The quantitative estimate of drug-likeness (QED) is 0.0858. The Bertz CT molecular complexity index is 6860. The van der Waals surface area contributed by atoms with Crippen molar-refractivity contribution in [1.82, 2.24) is 0 Å². The molecule has 0 heterocycles. The summed E-state index contributed by atoms with van der Waals surface area (Å²) >= 11 is 0. The van der Waals surface area contributed by atoms with Crippen LogP contribution in [0.2, 0.25) is 0 Å². The van der Waals surface area contributed by atoms with Crippen LogP contribution in [0, 0.1) is 94.7 Å². The van der Waals surface area contributed by atoms with Crippen molar-refractivity contribution in [2.75, 3.05) is 13.2 Å². The average Bonchev–Trinajstić information content (AvgIpc) is 0.659. The van der Waals surface area contributed by atoms with E-state index in [-0.39, 0.29) is 43.3 Å². The summed E-state index contributed by atoms with van der Waals surface area (Å²) in [5.74, 6) is 61.8. The van der Waals surface area contributed by atoms with Crippen LogP contribution in [0.1, 0.15) is 339 Å². The molecule has 0 aliphatic heterocycles. The Morgan fingerprint density at radius 2 is 0.286 bits per heavy atom. The Hall–Kier alpha value is -14.6. The van der Waals surface area contributed by atoms with Gasteiger partial charge in [-0.3, -0.25) is 0 Å². The fourth-order valence-corrected chi connectivity index (χ4v) is 18.7. The Morgan fingerprint density at radius 3 is 0.393 bits per heavy atom. The second kappa shape index (κ2) is 38.0. The van der Waals surface area contributed by atoms with Gasteiger partial charge in [0.1, 0.15) is 11.5 Å². The van der Waals surface area contributed by atoms with Crippen molar-refractivity contribution in [3.8, 4) is 106 Å². The summed E-state index contributed by atoms with van der Waals surface area (Å²) in [4.78, 5) is 0. The summed E-state index contributed by atoms with van der Waals surface area (Å²) in [6.45, 7) is 59.4. The molecule has 0 atom stereocenters. The lowest BCUT2D eigenvalue weighted by atomic mass is 9.78. The highest BCUT2D eigenvalue weighted by Gasteiger charge is 2.34. The molecule has 0 spiro atoms. The molecule has 0 aromatic heterocycles. The van der Waals surface area contributed by atoms with Gasteiger partial charge in [-0.05, 0) is 289 Å². The first-order valence-corrected chi connectivity index (χ1v) is 50.1. The molecule has 19 rings (SSSR count). The summed E-state index contributed by atoms with van der Waals surface area (Å²) < 4.78 is 16.2. The van der Waals surface area contributed by atoms with E-state index in [0.717, 1.165) is 212 Å². The van der Waals surface area contributed by atoms with Crippen LogP contribution in [0.4, 0.5) is 0 Å². The summed E-state index contributed by atoms with van der Waals surface area (Å²) in [6, 6.07) is 88.5. The number of unbranched alkanes of at least 4 members (excludes halogenated alkanes) is 2. The molecule has 4 bridgehead atoms. The highest BCUT2D eigenvalue weighted by molar-refractivity contribution is 6.50. The molecule has 0 aliphatic rings. The van der Waals surface area contributed by atoms with E-state index in [4.69, 9.17) is 9.47 Å². The van der Waals surface area contributed by atoms with Crippen molar-refractivity contribution in [3.63, 3.8) is 0 Å². The molecule has 19 aromatic carbocycles. The van der Waals surface area contributed by atoms with Crippen molar-refractivity contribution in [1.29, 1.82) is 0 Å². The first kappa shape index (κ1) is 97.1. The first-order valence-electron chi connectivity index (χ1n) is 50.1. The van der Waals surface area contributed by atoms with Crippen molar-refractivity contribution in [2.45, 2.75) is 249 Å². The third kappa shape index (κ3) is 20.6. The van der Waals surface area contributed by atoms with Gasteiger partial charge in [0.15, 0.2) is 0 Å². The lowest BCUT2D eigenvalue weighted by Gasteiger charge is -2.28. The Kier molecular flexibility index (Phi) is 26.3.